The zero-order valence-electron chi connectivity index (χ0n) is 8.77. The fraction of sp³-hybridized carbons (Fsp3) is 0.0769. The second-order valence-corrected chi connectivity index (χ2v) is 3.74. The lowest BCUT2D eigenvalue weighted by Crippen LogP contribution is -1.94. The zero-order chi connectivity index (χ0) is 11.8. The molecular weight excluding hydrogens is 222 g/mol. The molecule has 1 aromatic carbocycles. The van der Waals surface area contributed by atoms with E-state index in [2.05, 4.69) is 9.97 Å². The summed E-state index contributed by atoms with van der Waals surface area (Å²) in [5, 5.41) is 2.05. The fourth-order valence-corrected chi connectivity index (χ4v) is 1.99. The fourth-order valence-electron chi connectivity index (χ4n) is 1.99. The number of aromatic nitrogens is 2. The Morgan fingerprint density at radius 3 is 2.59 bits per heavy atom. The predicted molar refractivity (Wildman–Crippen MR) is 62.0 cm³/mol. The molecule has 0 bridgehead atoms. The standard InChI is InChI=1S/C13H8F2N2/c14-13(15)12-10-7-16-6-5-8(10)9-3-1-2-4-11(9)17-12/h1-7,13H. The first-order valence-electron chi connectivity index (χ1n) is 5.18. The molecule has 0 spiro atoms. The molecule has 0 aliphatic rings. The molecule has 84 valence electrons. The summed E-state index contributed by atoms with van der Waals surface area (Å²) in [5.74, 6) is 0. The van der Waals surface area contributed by atoms with E-state index >= 15 is 0 Å². The molecule has 4 heteroatoms. The third-order valence-corrected chi connectivity index (χ3v) is 2.74. The quantitative estimate of drug-likeness (QED) is 0.595. The van der Waals surface area contributed by atoms with Crippen molar-refractivity contribution in [1.29, 1.82) is 0 Å². The molecule has 0 amide bonds. The van der Waals surface area contributed by atoms with Gasteiger partial charge in [-0.1, -0.05) is 18.2 Å². The van der Waals surface area contributed by atoms with Gasteiger partial charge in [0.25, 0.3) is 6.43 Å². The van der Waals surface area contributed by atoms with Gasteiger partial charge in [-0.25, -0.2) is 13.8 Å². The Labute approximate surface area is 95.9 Å². The van der Waals surface area contributed by atoms with Gasteiger partial charge >= 0.3 is 0 Å². The smallest absolute Gasteiger partial charge is 0.264 e. The van der Waals surface area contributed by atoms with Crippen molar-refractivity contribution in [3.63, 3.8) is 0 Å². The molecule has 0 saturated carbocycles. The number of rotatable bonds is 1. The number of pyridine rings is 2. The van der Waals surface area contributed by atoms with E-state index in [9.17, 15) is 8.78 Å². The van der Waals surface area contributed by atoms with Crippen LogP contribution in [0.3, 0.4) is 0 Å². The Morgan fingerprint density at radius 2 is 1.76 bits per heavy atom. The molecule has 2 nitrogen and oxygen atoms in total. The Hall–Kier alpha value is -2.10. The van der Waals surface area contributed by atoms with Gasteiger partial charge in [0.2, 0.25) is 0 Å². The summed E-state index contributed by atoms with van der Waals surface area (Å²) in [4.78, 5) is 7.90. The second-order valence-electron chi connectivity index (χ2n) is 3.74. The van der Waals surface area contributed by atoms with E-state index in [1.807, 2.05) is 12.1 Å². The molecule has 3 rings (SSSR count). The van der Waals surface area contributed by atoms with Crippen LogP contribution in [0.5, 0.6) is 0 Å². The summed E-state index contributed by atoms with van der Waals surface area (Å²) in [6.07, 6.45) is 0.451. The van der Waals surface area contributed by atoms with Gasteiger partial charge in [0.05, 0.1) is 5.52 Å². The molecule has 0 saturated heterocycles. The van der Waals surface area contributed by atoms with E-state index in [4.69, 9.17) is 0 Å². The molecule has 2 heterocycles. The van der Waals surface area contributed by atoms with Crippen LogP contribution in [-0.4, -0.2) is 9.97 Å². The van der Waals surface area contributed by atoms with Crippen molar-refractivity contribution in [3.8, 4) is 0 Å². The van der Waals surface area contributed by atoms with E-state index in [0.29, 0.717) is 10.9 Å². The second kappa shape index (κ2) is 3.73. The first-order valence-corrected chi connectivity index (χ1v) is 5.18. The van der Waals surface area contributed by atoms with Crippen molar-refractivity contribution < 1.29 is 8.78 Å². The molecule has 3 aromatic rings. The molecule has 0 N–H and O–H groups in total. The Bertz CT molecular complexity index is 695. The highest BCUT2D eigenvalue weighted by Gasteiger charge is 2.15. The predicted octanol–water partition coefficient (Wildman–Crippen LogP) is 3.72. The summed E-state index contributed by atoms with van der Waals surface area (Å²) in [6.45, 7) is 0. The summed E-state index contributed by atoms with van der Waals surface area (Å²) in [6, 6.07) is 9.01. The summed E-state index contributed by atoms with van der Waals surface area (Å²) < 4.78 is 25.9. The SMILES string of the molecule is FC(F)c1nc2ccccc2c2ccncc12. The number of para-hydroxylation sites is 1. The van der Waals surface area contributed by atoms with Crippen LogP contribution in [0.4, 0.5) is 8.78 Å². The molecular formula is C13H8F2N2. The minimum Gasteiger partial charge on any atom is -0.264 e. The molecule has 0 aliphatic heterocycles. The van der Waals surface area contributed by atoms with Crippen molar-refractivity contribution in [2.24, 2.45) is 0 Å². The normalized spacial score (nSPS) is 11.5. The average Bonchev–Trinajstić information content (AvgIpc) is 2.37. The van der Waals surface area contributed by atoms with Gasteiger partial charge in [0.1, 0.15) is 5.69 Å². The number of alkyl halides is 2. The van der Waals surface area contributed by atoms with Gasteiger partial charge in [0.15, 0.2) is 0 Å². The number of halogens is 2. The highest BCUT2D eigenvalue weighted by atomic mass is 19.3. The van der Waals surface area contributed by atoms with Crippen LogP contribution in [-0.2, 0) is 0 Å². The summed E-state index contributed by atoms with van der Waals surface area (Å²) >= 11 is 0. The molecule has 0 aliphatic carbocycles. The Kier molecular flexibility index (Phi) is 2.21. The van der Waals surface area contributed by atoms with E-state index in [0.717, 1.165) is 10.8 Å². The first kappa shape index (κ1) is 10.1. The van der Waals surface area contributed by atoms with E-state index in [1.165, 1.54) is 6.20 Å². The lowest BCUT2D eigenvalue weighted by molar-refractivity contribution is 0.148. The van der Waals surface area contributed by atoms with Crippen LogP contribution >= 0.6 is 0 Å². The number of hydrogen-bond acceptors (Lipinski definition) is 2. The number of nitrogens with zero attached hydrogens (tertiary/aromatic N) is 2. The van der Waals surface area contributed by atoms with Gasteiger partial charge in [-0.05, 0) is 17.5 Å². The lowest BCUT2D eigenvalue weighted by Gasteiger charge is -2.07. The topological polar surface area (TPSA) is 25.8 Å². The molecule has 0 unspecified atom stereocenters. The Morgan fingerprint density at radius 1 is 0.941 bits per heavy atom. The van der Waals surface area contributed by atoms with E-state index in [1.54, 1.807) is 24.4 Å². The van der Waals surface area contributed by atoms with Crippen LogP contribution in [0, 0.1) is 0 Å². The van der Waals surface area contributed by atoms with Crippen molar-refractivity contribution in [1.82, 2.24) is 9.97 Å². The molecule has 0 fully saturated rings. The third kappa shape index (κ3) is 1.53. The van der Waals surface area contributed by atoms with Crippen LogP contribution in [0.25, 0.3) is 21.7 Å². The van der Waals surface area contributed by atoms with Crippen molar-refractivity contribution in [3.05, 3.63) is 48.4 Å². The van der Waals surface area contributed by atoms with Crippen LogP contribution in [0.15, 0.2) is 42.7 Å². The minimum atomic E-state index is -2.59. The largest absolute Gasteiger partial charge is 0.281 e. The van der Waals surface area contributed by atoms with Gasteiger partial charge in [-0.2, -0.15) is 0 Å². The van der Waals surface area contributed by atoms with Crippen molar-refractivity contribution in [2.75, 3.05) is 0 Å². The van der Waals surface area contributed by atoms with Crippen LogP contribution < -0.4 is 0 Å². The highest BCUT2D eigenvalue weighted by Crippen LogP contribution is 2.30. The average molecular weight is 230 g/mol. The number of fused-ring (bicyclic) bond motifs is 3. The highest BCUT2D eigenvalue weighted by molar-refractivity contribution is 6.06. The monoisotopic (exact) mass is 230 g/mol. The van der Waals surface area contributed by atoms with E-state index < -0.39 is 6.43 Å². The maximum atomic E-state index is 12.9. The summed E-state index contributed by atoms with van der Waals surface area (Å²) in [7, 11) is 0. The molecule has 2 aromatic heterocycles. The van der Waals surface area contributed by atoms with Gasteiger partial charge in [-0.3, -0.25) is 4.98 Å². The third-order valence-electron chi connectivity index (χ3n) is 2.74. The van der Waals surface area contributed by atoms with Crippen molar-refractivity contribution in [2.45, 2.75) is 6.43 Å². The maximum Gasteiger partial charge on any atom is 0.281 e. The molecule has 0 atom stereocenters. The number of benzene rings is 1. The van der Waals surface area contributed by atoms with E-state index in [-0.39, 0.29) is 5.69 Å². The Balaban J connectivity index is 2.55. The lowest BCUT2D eigenvalue weighted by atomic mass is 10.1. The van der Waals surface area contributed by atoms with Gasteiger partial charge in [-0.15, -0.1) is 0 Å². The first-order chi connectivity index (χ1) is 8.27. The van der Waals surface area contributed by atoms with Crippen LogP contribution in [0.1, 0.15) is 12.1 Å². The molecule has 0 radical (unpaired) electrons. The molecule has 17 heavy (non-hydrogen) atoms. The number of hydrogen-bond donors (Lipinski definition) is 0. The van der Waals surface area contributed by atoms with Crippen LogP contribution in [0.2, 0.25) is 0 Å². The van der Waals surface area contributed by atoms with Crippen molar-refractivity contribution >= 4 is 21.7 Å². The summed E-state index contributed by atoms with van der Waals surface area (Å²) in [5.41, 5.74) is 0.383. The van der Waals surface area contributed by atoms with Gasteiger partial charge in [0, 0.05) is 23.2 Å². The minimum absolute atomic E-state index is 0.202. The zero-order valence-corrected chi connectivity index (χ0v) is 8.77. The van der Waals surface area contributed by atoms with Gasteiger partial charge < -0.3 is 0 Å². The maximum absolute atomic E-state index is 12.9.